The van der Waals surface area contributed by atoms with Gasteiger partial charge in [0.25, 0.3) is 11.6 Å². The topological polar surface area (TPSA) is 137 Å². The number of esters is 1. The SMILES string of the molecule is CC(C)(C)OC(=O)Nc1cccc(C(=O)OCC(=O)Nc2cc([N+](=O)[O-])ccc2F)c1. The van der Waals surface area contributed by atoms with Crippen LogP contribution in [0.5, 0.6) is 0 Å². The van der Waals surface area contributed by atoms with Crippen molar-refractivity contribution in [2.75, 3.05) is 17.2 Å². The van der Waals surface area contributed by atoms with Gasteiger partial charge in [0, 0.05) is 17.8 Å². The monoisotopic (exact) mass is 433 g/mol. The molecule has 0 heterocycles. The Kier molecular flexibility index (Phi) is 7.24. The van der Waals surface area contributed by atoms with Crippen molar-refractivity contribution in [3.8, 4) is 0 Å². The second-order valence-corrected chi connectivity index (χ2v) is 7.25. The third-order valence-electron chi connectivity index (χ3n) is 3.51. The fourth-order valence-corrected chi connectivity index (χ4v) is 2.27. The van der Waals surface area contributed by atoms with Gasteiger partial charge in [0.1, 0.15) is 11.4 Å². The molecule has 31 heavy (non-hydrogen) atoms. The van der Waals surface area contributed by atoms with E-state index in [1.807, 2.05) is 0 Å². The summed E-state index contributed by atoms with van der Waals surface area (Å²) in [7, 11) is 0. The highest BCUT2D eigenvalue weighted by atomic mass is 19.1. The van der Waals surface area contributed by atoms with Crippen molar-refractivity contribution in [3.05, 3.63) is 64.0 Å². The molecule has 2 rings (SSSR count). The minimum Gasteiger partial charge on any atom is -0.452 e. The van der Waals surface area contributed by atoms with E-state index >= 15 is 0 Å². The Hall–Kier alpha value is -4.02. The predicted molar refractivity (Wildman–Crippen MR) is 108 cm³/mol. The molecular formula is C20H20FN3O7. The predicted octanol–water partition coefficient (Wildman–Crippen LogP) is 3.88. The van der Waals surface area contributed by atoms with Gasteiger partial charge in [-0.05, 0) is 45.0 Å². The van der Waals surface area contributed by atoms with E-state index in [9.17, 15) is 28.9 Å². The van der Waals surface area contributed by atoms with Crippen LogP contribution in [0.4, 0.5) is 26.2 Å². The normalized spacial score (nSPS) is 10.7. The summed E-state index contributed by atoms with van der Waals surface area (Å²) in [5.74, 6) is -2.65. The number of nitrogens with zero attached hydrogens (tertiary/aromatic N) is 1. The van der Waals surface area contributed by atoms with Crippen LogP contribution in [0.1, 0.15) is 31.1 Å². The first-order valence-corrected chi connectivity index (χ1v) is 8.95. The first kappa shape index (κ1) is 23.3. The summed E-state index contributed by atoms with van der Waals surface area (Å²) < 4.78 is 23.7. The molecule has 0 radical (unpaired) electrons. The third kappa shape index (κ3) is 7.38. The number of hydrogen-bond donors (Lipinski definition) is 2. The van der Waals surface area contributed by atoms with Crippen molar-refractivity contribution in [2.45, 2.75) is 26.4 Å². The van der Waals surface area contributed by atoms with Gasteiger partial charge >= 0.3 is 12.1 Å². The minimum absolute atomic E-state index is 0.0443. The van der Waals surface area contributed by atoms with Crippen molar-refractivity contribution >= 4 is 35.0 Å². The molecule has 0 aliphatic carbocycles. The van der Waals surface area contributed by atoms with E-state index in [1.54, 1.807) is 20.8 Å². The van der Waals surface area contributed by atoms with Crippen molar-refractivity contribution in [2.24, 2.45) is 0 Å². The number of hydrogen-bond acceptors (Lipinski definition) is 7. The van der Waals surface area contributed by atoms with Crippen molar-refractivity contribution < 1.29 is 33.2 Å². The standard InChI is InChI=1S/C20H20FN3O7/c1-20(2,3)31-19(27)22-13-6-4-5-12(9-13)18(26)30-11-17(25)23-16-10-14(24(28)29)7-8-15(16)21/h4-10H,11H2,1-3H3,(H,22,27)(H,23,25). The molecule has 0 saturated carbocycles. The molecule has 10 nitrogen and oxygen atoms in total. The van der Waals surface area contributed by atoms with Crippen LogP contribution in [0.3, 0.4) is 0 Å². The second kappa shape index (κ2) is 9.65. The molecular weight excluding hydrogens is 413 g/mol. The van der Waals surface area contributed by atoms with Gasteiger partial charge in [-0.3, -0.25) is 20.2 Å². The van der Waals surface area contributed by atoms with E-state index in [0.717, 1.165) is 18.2 Å². The highest BCUT2D eigenvalue weighted by molar-refractivity contribution is 5.96. The zero-order valence-electron chi connectivity index (χ0n) is 16.9. The van der Waals surface area contributed by atoms with E-state index in [0.29, 0.717) is 0 Å². The van der Waals surface area contributed by atoms with Gasteiger partial charge in [0.2, 0.25) is 0 Å². The van der Waals surface area contributed by atoms with Crippen LogP contribution in [-0.2, 0) is 14.3 Å². The number of amides is 2. The molecule has 0 aromatic heterocycles. The third-order valence-corrected chi connectivity index (χ3v) is 3.51. The summed E-state index contributed by atoms with van der Waals surface area (Å²) >= 11 is 0. The number of ether oxygens (including phenoxy) is 2. The van der Waals surface area contributed by atoms with Crippen molar-refractivity contribution in [1.29, 1.82) is 0 Å². The average Bonchev–Trinajstić information content (AvgIpc) is 2.66. The van der Waals surface area contributed by atoms with Gasteiger partial charge in [0.15, 0.2) is 6.61 Å². The van der Waals surface area contributed by atoms with Crippen molar-refractivity contribution in [1.82, 2.24) is 0 Å². The molecule has 0 spiro atoms. The second-order valence-electron chi connectivity index (χ2n) is 7.25. The van der Waals surface area contributed by atoms with Gasteiger partial charge in [-0.15, -0.1) is 0 Å². The molecule has 2 amide bonds. The number of carbonyl (C=O) groups is 3. The molecule has 0 saturated heterocycles. The molecule has 11 heteroatoms. The Morgan fingerprint density at radius 2 is 1.81 bits per heavy atom. The fraction of sp³-hybridized carbons (Fsp3) is 0.250. The summed E-state index contributed by atoms with van der Waals surface area (Å²) in [6, 6.07) is 8.37. The molecule has 0 unspecified atom stereocenters. The number of nitro groups is 1. The molecule has 0 aliphatic rings. The van der Waals surface area contributed by atoms with Crippen molar-refractivity contribution in [3.63, 3.8) is 0 Å². The van der Waals surface area contributed by atoms with E-state index < -0.39 is 52.3 Å². The number of non-ortho nitro benzene ring substituents is 1. The summed E-state index contributed by atoms with van der Waals surface area (Å²) in [5.41, 5.74) is -1.22. The molecule has 0 aliphatic heterocycles. The van der Waals surface area contributed by atoms with Gasteiger partial charge in [-0.25, -0.2) is 14.0 Å². The van der Waals surface area contributed by atoms with E-state index in [2.05, 4.69) is 10.6 Å². The maximum atomic E-state index is 13.7. The summed E-state index contributed by atoms with van der Waals surface area (Å²) in [5, 5.41) is 15.3. The summed E-state index contributed by atoms with van der Waals surface area (Å²) in [6.07, 6.45) is -0.712. The Morgan fingerprint density at radius 1 is 1.10 bits per heavy atom. The lowest BCUT2D eigenvalue weighted by molar-refractivity contribution is -0.384. The highest BCUT2D eigenvalue weighted by Gasteiger charge is 2.18. The largest absolute Gasteiger partial charge is 0.452 e. The molecule has 0 atom stereocenters. The molecule has 2 N–H and O–H groups in total. The number of benzene rings is 2. The zero-order valence-corrected chi connectivity index (χ0v) is 16.9. The van der Waals surface area contributed by atoms with Crippen LogP contribution in [0.15, 0.2) is 42.5 Å². The number of halogens is 1. The molecule has 0 fully saturated rings. The number of nitrogens with one attached hydrogen (secondary N) is 2. The van der Waals surface area contributed by atoms with E-state index in [1.165, 1.54) is 24.3 Å². The van der Waals surface area contributed by atoms with Crippen LogP contribution in [0.2, 0.25) is 0 Å². The Morgan fingerprint density at radius 3 is 2.45 bits per heavy atom. The molecule has 0 bridgehead atoms. The maximum Gasteiger partial charge on any atom is 0.412 e. The fourth-order valence-electron chi connectivity index (χ4n) is 2.27. The lowest BCUT2D eigenvalue weighted by Crippen LogP contribution is -2.27. The number of anilines is 2. The number of rotatable bonds is 6. The molecule has 2 aromatic rings. The van der Waals surface area contributed by atoms with Crippen LogP contribution < -0.4 is 10.6 Å². The lowest BCUT2D eigenvalue weighted by atomic mass is 10.2. The number of nitro benzene ring substituents is 1. The van der Waals surface area contributed by atoms with Crippen LogP contribution in [0, 0.1) is 15.9 Å². The summed E-state index contributed by atoms with van der Waals surface area (Å²) in [4.78, 5) is 45.9. The first-order chi connectivity index (χ1) is 14.4. The van der Waals surface area contributed by atoms with Crippen LogP contribution >= 0.6 is 0 Å². The van der Waals surface area contributed by atoms with Gasteiger partial charge < -0.3 is 14.8 Å². The highest BCUT2D eigenvalue weighted by Crippen LogP contribution is 2.21. The number of carbonyl (C=O) groups excluding carboxylic acids is 3. The smallest absolute Gasteiger partial charge is 0.412 e. The quantitative estimate of drug-likeness (QED) is 0.401. The maximum absolute atomic E-state index is 13.7. The Labute approximate surface area is 176 Å². The Bertz CT molecular complexity index is 1020. The van der Waals surface area contributed by atoms with Gasteiger partial charge in [-0.2, -0.15) is 0 Å². The molecule has 2 aromatic carbocycles. The summed E-state index contributed by atoms with van der Waals surface area (Å²) in [6.45, 7) is 4.34. The van der Waals surface area contributed by atoms with Gasteiger partial charge in [-0.1, -0.05) is 6.07 Å². The molecule has 164 valence electrons. The zero-order chi connectivity index (χ0) is 23.2. The van der Waals surface area contributed by atoms with Crippen LogP contribution in [0.25, 0.3) is 0 Å². The van der Waals surface area contributed by atoms with Gasteiger partial charge in [0.05, 0.1) is 16.2 Å². The Balaban J connectivity index is 1.95. The first-order valence-electron chi connectivity index (χ1n) is 8.95. The van der Waals surface area contributed by atoms with E-state index in [4.69, 9.17) is 9.47 Å². The lowest BCUT2D eigenvalue weighted by Gasteiger charge is -2.19. The van der Waals surface area contributed by atoms with Crippen LogP contribution in [-0.4, -0.2) is 35.1 Å². The van der Waals surface area contributed by atoms with E-state index in [-0.39, 0.29) is 11.3 Å². The minimum atomic E-state index is -0.893. The average molecular weight is 433 g/mol.